The van der Waals surface area contributed by atoms with Gasteiger partial charge in [-0.1, -0.05) is 12.5 Å². The van der Waals surface area contributed by atoms with Crippen LogP contribution in [0.15, 0.2) is 18.2 Å². The molecule has 0 radical (unpaired) electrons. The van der Waals surface area contributed by atoms with Crippen LogP contribution >= 0.6 is 0 Å². The minimum atomic E-state index is -0.454. The third kappa shape index (κ3) is 1.56. The highest BCUT2D eigenvalue weighted by atomic mass is 19.1. The average Bonchev–Trinajstić information content (AvgIpc) is 2.68. The smallest absolute Gasteiger partial charge is 0.123 e. The summed E-state index contributed by atoms with van der Waals surface area (Å²) in [5, 5.41) is 10.2. The van der Waals surface area contributed by atoms with Gasteiger partial charge in [0.05, 0.1) is 6.10 Å². The Labute approximate surface area is 95.3 Å². The summed E-state index contributed by atoms with van der Waals surface area (Å²) >= 11 is 0. The molecule has 1 aromatic rings. The van der Waals surface area contributed by atoms with Gasteiger partial charge in [0.2, 0.25) is 0 Å². The summed E-state index contributed by atoms with van der Waals surface area (Å²) in [4.78, 5) is 0. The zero-order valence-corrected chi connectivity index (χ0v) is 9.49. The number of hydrogen-bond donors (Lipinski definition) is 1. The van der Waals surface area contributed by atoms with Gasteiger partial charge >= 0.3 is 0 Å². The highest BCUT2D eigenvalue weighted by molar-refractivity contribution is 5.27. The standard InChI is InChI=1S/C14H17FO/c1-8-5-9(7-10(15)6-8)14(16)13-11-3-2-4-12(11)13/h5-7,11-14,16H,2-4H2,1H3. The molecule has 0 amide bonds. The van der Waals surface area contributed by atoms with Gasteiger partial charge in [-0.2, -0.15) is 0 Å². The molecule has 2 saturated carbocycles. The van der Waals surface area contributed by atoms with E-state index < -0.39 is 6.10 Å². The molecule has 2 aliphatic rings. The molecule has 2 fully saturated rings. The molecule has 3 unspecified atom stereocenters. The summed E-state index contributed by atoms with van der Waals surface area (Å²) in [7, 11) is 0. The van der Waals surface area contributed by atoms with Crippen molar-refractivity contribution in [3.8, 4) is 0 Å². The Balaban J connectivity index is 1.81. The molecule has 0 aliphatic heterocycles. The lowest BCUT2D eigenvalue weighted by Crippen LogP contribution is -2.05. The lowest BCUT2D eigenvalue weighted by Gasteiger charge is -2.13. The molecule has 1 nitrogen and oxygen atoms in total. The Kier molecular flexibility index (Phi) is 2.28. The molecule has 1 N–H and O–H groups in total. The van der Waals surface area contributed by atoms with E-state index >= 15 is 0 Å². The maximum absolute atomic E-state index is 13.3. The molecule has 2 aliphatic carbocycles. The summed E-state index contributed by atoms with van der Waals surface area (Å²) in [6, 6.07) is 4.89. The molecule has 0 spiro atoms. The first-order valence-corrected chi connectivity index (χ1v) is 6.12. The van der Waals surface area contributed by atoms with Crippen LogP contribution in [0.4, 0.5) is 4.39 Å². The largest absolute Gasteiger partial charge is 0.388 e. The normalized spacial score (nSPS) is 33.6. The summed E-state index contributed by atoms with van der Waals surface area (Å²) in [5.74, 6) is 1.58. The minimum absolute atomic E-state index is 0.236. The van der Waals surface area contributed by atoms with Crippen LogP contribution in [-0.2, 0) is 0 Å². The number of aryl methyl sites for hydroxylation is 1. The van der Waals surface area contributed by atoms with Crippen LogP contribution in [0.25, 0.3) is 0 Å². The van der Waals surface area contributed by atoms with Gasteiger partial charge in [-0.05, 0) is 60.8 Å². The number of aliphatic hydroxyl groups excluding tert-OH is 1. The number of fused-ring (bicyclic) bond motifs is 1. The van der Waals surface area contributed by atoms with E-state index in [1.165, 1.54) is 31.4 Å². The van der Waals surface area contributed by atoms with E-state index in [1.54, 1.807) is 0 Å². The fourth-order valence-corrected chi connectivity index (χ4v) is 3.50. The first-order valence-electron chi connectivity index (χ1n) is 6.12. The highest BCUT2D eigenvalue weighted by Gasteiger charge is 2.55. The molecule has 3 rings (SSSR count). The van der Waals surface area contributed by atoms with Gasteiger partial charge in [0.1, 0.15) is 5.82 Å². The van der Waals surface area contributed by atoms with Crippen molar-refractivity contribution in [3.63, 3.8) is 0 Å². The van der Waals surface area contributed by atoms with E-state index in [1.807, 2.05) is 13.0 Å². The van der Waals surface area contributed by atoms with Crippen LogP contribution in [0.2, 0.25) is 0 Å². The molecule has 3 atom stereocenters. The molecule has 1 aromatic carbocycles. The van der Waals surface area contributed by atoms with Crippen molar-refractivity contribution < 1.29 is 9.50 Å². The molecule has 2 heteroatoms. The van der Waals surface area contributed by atoms with Gasteiger partial charge in [-0.25, -0.2) is 4.39 Å². The fourth-order valence-electron chi connectivity index (χ4n) is 3.50. The van der Waals surface area contributed by atoms with Crippen LogP contribution < -0.4 is 0 Å². The van der Waals surface area contributed by atoms with Gasteiger partial charge < -0.3 is 5.11 Å². The molecular weight excluding hydrogens is 203 g/mol. The Morgan fingerprint density at radius 3 is 2.56 bits per heavy atom. The van der Waals surface area contributed by atoms with E-state index in [0.717, 1.165) is 11.1 Å². The van der Waals surface area contributed by atoms with Crippen molar-refractivity contribution in [2.45, 2.75) is 32.3 Å². The molecule has 0 saturated heterocycles. The molecular formula is C14H17FO. The van der Waals surface area contributed by atoms with E-state index in [2.05, 4.69) is 0 Å². The van der Waals surface area contributed by atoms with Gasteiger partial charge in [-0.15, -0.1) is 0 Å². The third-order valence-corrected chi connectivity index (χ3v) is 4.24. The monoisotopic (exact) mass is 220 g/mol. The van der Waals surface area contributed by atoms with Crippen LogP contribution in [0, 0.1) is 30.5 Å². The zero-order chi connectivity index (χ0) is 11.3. The van der Waals surface area contributed by atoms with E-state index in [9.17, 15) is 9.50 Å². The maximum atomic E-state index is 13.3. The van der Waals surface area contributed by atoms with Crippen molar-refractivity contribution in [2.75, 3.05) is 0 Å². The quantitative estimate of drug-likeness (QED) is 0.811. The Bertz CT molecular complexity index is 385. The van der Waals surface area contributed by atoms with E-state index in [0.29, 0.717) is 17.8 Å². The first-order chi connectivity index (χ1) is 7.66. The molecule has 0 aromatic heterocycles. The number of rotatable bonds is 2. The van der Waals surface area contributed by atoms with E-state index in [4.69, 9.17) is 0 Å². The van der Waals surface area contributed by atoms with Crippen molar-refractivity contribution in [2.24, 2.45) is 17.8 Å². The van der Waals surface area contributed by atoms with Crippen molar-refractivity contribution in [1.82, 2.24) is 0 Å². The second kappa shape index (κ2) is 3.56. The van der Waals surface area contributed by atoms with Gasteiger partial charge in [0.15, 0.2) is 0 Å². The molecule has 86 valence electrons. The van der Waals surface area contributed by atoms with Gasteiger partial charge in [0.25, 0.3) is 0 Å². The van der Waals surface area contributed by atoms with Crippen molar-refractivity contribution in [1.29, 1.82) is 0 Å². The molecule has 16 heavy (non-hydrogen) atoms. The van der Waals surface area contributed by atoms with Gasteiger partial charge in [-0.3, -0.25) is 0 Å². The number of benzene rings is 1. The predicted molar refractivity (Wildman–Crippen MR) is 60.4 cm³/mol. The molecule has 0 heterocycles. The second-order valence-electron chi connectivity index (χ2n) is 5.34. The van der Waals surface area contributed by atoms with Gasteiger partial charge in [0, 0.05) is 0 Å². The second-order valence-corrected chi connectivity index (χ2v) is 5.34. The fraction of sp³-hybridized carbons (Fsp3) is 0.571. The Morgan fingerprint density at radius 1 is 1.25 bits per heavy atom. The van der Waals surface area contributed by atoms with Crippen LogP contribution in [0.5, 0.6) is 0 Å². The van der Waals surface area contributed by atoms with E-state index in [-0.39, 0.29) is 5.82 Å². The third-order valence-electron chi connectivity index (χ3n) is 4.24. The summed E-state index contributed by atoms with van der Waals surface area (Å²) < 4.78 is 13.3. The lowest BCUT2D eigenvalue weighted by atomic mass is 9.98. The van der Waals surface area contributed by atoms with Crippen LogP contribution in [0.1, 0.15) is 36.5 Å². The summed E-state index contributed by atoms with van der Waals surface area (Å²) in [6.45, 7) is 1.87. The topological polar surface area (TPSA) is 20.2 Å². The Hall–Kier alpha value is -0.890. The maximum Gasteiger partial charge on any atom is 0.123 e. The van der Waals surface area contributed by atoms with Crippen LogP contribution in [0.3, 0.4) is 0 Å². The number of halogens is 1. The highest BCUT2D eigenvalue weighted by Crippen LogP contribution is 2.62. The number of aliphatic hydroxyl groups is 1. The lowest BCUT2D eigenvalue weighted by molar-refractivity contribution is 0.136. The number of hydrogen-bond acceptors (Lipinski definition) is 1. The van der Waals surface area contributed by atoms with Crippen molar-refractivity contribution in [3.05, 3.63) is 35.1 Å². The zero-order valence-electron chi connectivity index (χ0n) is 9.49. The summed E-state index contributed by atoms with van der Waals surface area (Å²) in [5.41, 5.74) is 1.65. The minimum Gasteiger partial charge on any atom is -0.388 e. The summed E-state index contributed by atoms with van der Waals surface area (Å²) in [6.07, 6.45) is 3.35. The Morgan fingerprint density at radius 2 is 1.94 bits per heavy atom. The predicted octanol–water partition coefficient (Wildman–Crippen LogP) is 3.21. The van der Waals surface area contributed by atoms with Crippen LogP contribution in [-0.4, -0.2) is 5.11 Å². The molecule has 0 bridgehead atoms. The average molecular weight is 220 g/mol. The first kappa shape index (κ1) is 10.3. The SMILES string of the molecule is Cc1cc(F)cc(C(O)C2C3CCCC32)c1. The van der Waals surface area contributed by atoms with Crippen molar-refractivity contribution >= 4 is 0 Å².